The van der Waals surface area contributed by atoms with Gasteiger partial charge < -0.3 is 10.5 Å². The normalized spacial score (nSPS) is 26.7. The maximum atomic E-state index is 6.53. The molecule has 5 heteroatoms. The maximum Gasteiger partial charge on any atom is 0.0701 e. The maximum absolute atomic E-state index is 6.53. The van der Waals surface area contributed by atoms with Crippen LogP contribution in [0.4, 0.5) is 0 Å². The lowest BCUT2D eigenvalue weighted by atomic mass is 9.77. The fourth-order valence-corrected chi connectivity index (χ4v) is 5.42. The first kappa shape index (κ1) is 15.9. The smallest absolute Gasteiger partial charge is 0.0701 e. The number of nitrogens with two attached hydrogens (primary N) is 1. The second-order valence-corrected chi connectivity index (χ2v) is 8.10. The lowest BCUT2D eigenvalue weighted by Gasteiger charge is -2.45. The van der Waals surface area contributed by atoms with Crippen molar-refractivity contribution < 1.29 is 4.74 Å². The Morgan fingerprint density at radius 1 is 1.24 bits per heavy atom. The zero-order valence-electron chi connectivity index (χ0n) is 12.0. The summed E-state index contributed by atoms with van der Waals surface area (Å²) in [5, 5.41) is 1.35. The van der Waals surface area contributed by atoms with Gasteiger partial charge in [0.25, 0.3) is 0 Å². The molecule has 1 spiro atoms. The molecule has 2 unspecified atom stereocenters. The molecule has 0 amide bonds. The fourth-order valence-electron chi connectivity index (χ4n) is 3.53. The van der Waals surface area contributed by atoms with Crippen molar-refractivity contribution in [2.45, 2.75) is 37.3 Å². The highest BCUT2D eigenvalue weighted by Crippen LogP contribution is 2.44. The first-order valence-electron chi connectivity index (χ1n) is 7.52. The largest absolute Gasteiger partial charge is 0.375 e. The molecule has 21 heavy (non-hydrogen) atoms. The molecule has 0 aromatic heterocycles. The zero-order chi connectivity index (χ0) is 14.9. The van der Waals surface area contributed by atoms with Gasteiger partial charge in [-0.25, -0.2) is 0 Å². The molecule has 2 N–H and O–H groups in total. The summed E-state index contributed by atoms with van der Waals surface area (Å²) in [6.45, 7) is 0.797. The van der Waals surface area contributed by atoms with Crippen LogP contribution in [-0.2, 0) is 4.74 Å². The second kappa shape index (κ2) is 6.67. The number of halogens is 2. The average molecular weight is 346 g/mol. The Bertz CT molecular complexity index is 479. The lowest BCUT2D eigenvalue weighted by molar-refractivity contribution is -0.105. The Kier molecular flexibility index (Phi) is 5.07. The van der Waals surface area contributed by atoms with Crippen LogP contribution in [0.3, 0.4) is 0 Å². The summed E-state index contributed by atoms with van der Waals surface area (Å²) in [7, 11) is 0. The van der Waals surface area contributed by atoms with E-state index in [9.17, 15) is 0 Å². The van der Waals surface area contributed by atoms with E-state index in [0.717, 1.165) is 37.9 Å². The van der Waals surface area contributed by atoms with Gasteiger partial charge in [0.1, 0.15) is 0 Å². The SMILES string of the molecule is NC(c1c(Cl)cccc1Cl)C1CCOC2(CCSCC2)C1. The molecule has 2 heterocycles. The van der Waals surface area contributed by atoms with Crippen molar-refractivity contribution in [1.29, 1.82) is 0 Å². The second-order valence-electron chi connectivity index (χ2n) is 6.06. The minimum absolute atomic E-state index is 0.0412. The molecular weight excluding hydrogens is 325 g/mol. The van der Waals surface area contributed by atoms with Gasteiger partial charge in [-0.15, -0.1) is 0 Å². The highest BCUT2D eigenvalue weighted by Gasteiger charge is 2.41. The van der Waals surface area contributed by atoms with Crippen molar-refractivity contribution in [3.63, 3.8) is 0 Å². The molecule has 2 aliphatic rings. The van der Waals surface area contributed by atoms with Crippen LogP contribution >= 0.6 is 35.0 Å². The molecule has 2 nitrogen and oxygen atoms in total. The topological polar surface area (TPSA) is 35.2 Å². The predicted molar refractivity (Wildman–Crippen MR) is 91.4 cm³/mol. The van der Waals surface area contributed by atoms with Crippen LogP contribution in [0.5, 0.6) is 0 Å². The lowest BCUT2D eigenvalue weighted by Crippen LogP contribution is -2.45. The molecule has 2 atom stereocenters. The van der Waals surface area contributed by atoms with Gasteiger partial charge in [0, 0.05) is 28.3 Å². The van der Waals surface area contributed by atoms with Crippen LogP contribution in [0.2, 0.25) is 10.0 Å². The Morgan fingerprint density at radius 2 is 1.90 bits per heavy atom. The minimum atomic E-state index is -0.110. The number of hydrogen-bond acceptors (Lipinski definition) is 3. The highest BCUT2D eigenvalue weighted by atomic mass is 35.5. The van der Waals surface area contributed by atoms with Gasteiger partial charge in [0.15, 0.2) is 0 Å². The summed E-state index contributed by atoms with van der Waals surface area (Å²) in [6, 6.07) is 5.50. The minimum Gasteiger partial charge on any atom is -0.375 e. The number of thioether (sulfide) groups is 1. The monoisotopic (exact) mass is 345 g/mol. The molecule has 0 bridgehead atoms. The molecule has 3 rings (SSSR count). The standard InChI is InChI=1S/C16H21Cl2NOS/c17-12-2-1-3-13(18)14(12)15(19)11-4-7-20-16(10-11)5-8-21-9-6-16/h1-3,11,15H,4-10,19H2. The van der Waals surface area contributed by atoms with E-state index in [1.54, 1.807) is 0 Å². The van der Waals surface area contributed by atoms with E-state index in [-0.39, 0.29) is 11.6 Å². The molecule has 0 saturated carbocycles. The average Bonchev–Trinajstić information content (AvgIpc) is 2.48. The number of benzene rings is 1. The summed E-state index contributed by atoms with van der Waals surface area (Å²) in [4.78, 5) is 0. The third-order valence-electron chi connectivity index (χ3n) is 4.78. The third-order valence-corrected chi connectivity index (χ3v) is 6.42. The summed E-state index contributed by atoms with van der Waals surface area (Å²) < 4.78 is 6.15. The van der Waals surface area contributed by atoms with Gasteiger partial charge in [-0.2, -0.15) is 11.8 Å². The molecule has 1 aromatic carbocycles. The Morgan fingerprint density at radius 3 is 2.57 bits per heavy atom. The predicted octanol–water partition coefficient (Wildman–Crippen LogP) is 4.69. The molecule has 0 aliphatic carbocycles. The van der Waals surface area contributed by atoms with Crippen molar-refractivity contribution in [2.75, 3.05) is 18.1 Å². The van der Waals surface area contributed by atoms with E-state index >= 15 is 0 Å². The van der Waals surface area contributed by atoms with Crippen molar-refractivity contribution in [3.05, 3.63) is 33.8 Å². The van der Waals surface area contributed by atoms with E-state index in [1.807, 2.05) is 30.0 Å². The number of ether oxygens (including phenoxy) is 1. The molecule has 0 radical (unpaired) electrons. The fraction of sp³-hybridized carbons (Fsp3) is 0.625. The molecular formula is C16H21Cl2NOS. The van der Waals surface area contributed by atoms with Crippen molar-refractivity contribution in [1.82, 2.24) is 0 Å². The Balaban J connectivity index is 1.79. The van der Waals surface area contributed by atoms with Crippen LogP contribution in [0.1, 0.15) is 37.3 Å². The first-order chi connectivity index (χ1) is 10.1. The van der Waals surface area contributed by atoms with E-state index in [1.165, 1.54) is 11.5 Å². The quantitative estimate of drug-likeness (QED) is 0.844. The van der Waals surface area contributed by atoms with Crippen LogP contribution in [0.25, 0.3) is 0 Å². The molecule has 116 valence electrons. The number of hydrogen-bond donors (Lipinski definition) is 1. The highest BCUT2D eigenvalue weighted by molar-refractivity contribution is 7.99. The Hall–Kier alpha value is 0.0700. The van der Waals surface area contributed by atoms with Crippen LogP contribution in [0, 0.1) is 5.92 Å². The summed E-state index contributed by atoms with van der Waals surface area (Å²) in [5.74, 6) is 2.77. The van der Waals surface area contributed by atoms with Crippen molar-refractivity contribution in [2.24, 2.45) is 11.7 Å². The van der Waals surface area contributed by atoms with Gasteiger partial charge >= 0.3 is 0 Å². The molecule has 1 aromatic rings. The van der Waals surface area contributed by atoms with Gasteiger partial charge in [-0.1, -0.05) is 29.3 Å². The van der Waals surface area contributed by atoms with Gasteiger partial charge in [-0.05, 0) is 55.2 Å². The van der Waals surface area contributed by atoms with Crippen molar-refractivity contribution >= 4 is 35.0 Å². The summed E-state index contributed by atoms with van der Waals surface area (Å²) >= 11 is 14.7. The Labute approximate surface area is 140 Å². The van der Waals surface area contributed by atoms with Crippen LogP contribution < -0.4 is 5.73 Å². The van der Waals surface area contributed by atoms with Gasteiger partial charge in [-0.3, -0.25) is 0 Å². The molecule has 2 fully saturated rings. The van der Waals surface area contributed by atoms with Crippen molar-refractivity contribution in [3.8, 4) is 0 Å². The summed E-state index contributed by atoms with van der Waals surface area (Å²) in [6.07, 6.45) is 4.28. The van der Waals surface area contributed by atoms with E-state index in [4.69, 9.17) is 33.7 Å². The van der Waals surface area contributed by atoms with E-state index < -0.39 is 0 Å². The third kappa shape index (κ3) is 3.37. The molecule has 2 aliphatic heterocycles. The summed E-state index contributed by atoms with van der Waals surface area (Å²) in [5.41, 5.74) is 7.47. The van der Waals surface area contributed by atoms with E-state index in [0.29, 0.717) is 16.0 Å². The number of rotatable bonds is 2. The molecule has 2 saturated heterocycles. The van der Waals surface area contributed by atoms with Gasteiger partial charge in [0.2, 0.25) is 0 Å². The van der Waals surface area contributed by atoms with Crippen LogP contribution in [-0.4, -0.2) is 23.7 Å². The van der Waals surface area contributed by atoms with E-state index in [2.05, 4.69) is 0 Å². The van der Waals surface area contributed by atoms with Crippen LogP contribution in [0.15, 0.2) is 18.2 Å². The first-order valence-corrected chi connectivity index (χ1v) is 9.44. The zero-order valence-corrected chi connectivity index (χ0v) is 14.3. The van der Waals surface area contributed by atoms with Gasteiger partial charge in [0.05, 0.1) is 5.60 Å².